The van der Waals surface area contributed by atoms with E-state index in [-0.39, 0.29) is 23.6 Å². The van der Waals surface area contributed by atoms with Crippen molar-refractivity contribution in [3.63, 3.8) is 0 Å². The molecule has 3 heterocycles. The van der Waals surface area contributed by atoms with Gasteiger partial charge in [-0.05, 0) is 49.1 Å². The van der Waals surface area contributed by atoms with Gasteiger partial charge in [-0.15, -0.1) is 10.2 Å². The lowest BCUT2D eigenvalue weighted by molar-refractivity contribution is 0.102. The van der Waals surface area contributed by atoms with E-state index in [9.17, 15) is 13.2 Å². The summed E-state index contributed by atoms with van der Waals surface area (Å²) in [7, 11) is -3.59. The number of anilines is 1. The molecule has 0 bridgehead atoms. The standard InChI is InChI=1S/C23H24N4O5S2/c1-2-15-5-8-18(9-6-15)34(29,30)27-11-3-4-16(13-27)22-25-26-23(33-22)21(28)24-17-7-10-19-20(12-17)32-14-31-19/h5-10,12,16H,2-4,11,13-14H2,1H3,(H,24,28)/t16-/m1/s1. The number of nitrogens with zero attached hydrogens (tertiary/aromatic N) is 3. The number of ether oxygens (including phenoxy) is 2. The molecule has 11 heteroatoms. The smallest absolute Gasteiger partial charge is 0.286 e. The van der Waals surface area contributed by atoms with Crippen molar-refractivity contribution in [2.45, 2.75) is 37.0 Å². The van der Waals surface area contributed by atoms with Gasteiger partial charge in [-0.25, -0.2) is 8.42 Å². The molecule has 0 spiro atoms. The molecule has 5 rings (SSSR count). The molecule has 1 amide bonds. The van der Waals surface area contributed by atoms with Crippen molar-refractivity contribution >= 4 is 33.0 Å². The van der Waals surface area contributed by atoms with Gasteiger partial charge in [-0.2, -0.15) is 4.31 Å². The summed E-state index contributed by atoms with van der Waals surface area (Å²) < 4.78 is 38.5. The van der Waals surface area contributed by atoms with E-state index in [0.29, 0.717) is 40.2 Å². The number of hydrogen-bond acceptors (Lipinski definition) is 8. The van der Waals surface area contributed by atoms with Gasteiger partial charge in [0.15, 0.2) is 11.5 Å². The quantitative estimate of drug-likeness (QED) is 0.550. The van der Waals surface area contributed by atoms with Crippen LogP contribution in [0.4, 0.5) is 5.69 Å². The lowest BCUT2D eigenvalue weighted by Gasteiger charge is -2.30. The fraction of sp³-hybridized carbons (Fsp3) is 0.348. The Morgan fingerprint density at radius 3 is 2.74 bits per heavy atom. The van der Waals surface area contributed by atoms with E-state index in [4.69, 9.17) is 9.47 Å². The van der Waals surface area contributed by atoms with Crippen LogP contribution in [0.1, 0.15) is 46.1 Å². The molecular weight excluding hydrogens is 476 g/mol. The maximum Gasteiger partial charge on any atom is 0.286 e. The molecule has 0 unspecified atom stereocenters. The predicted octanol–water partition coefficient (Wildman–Crippen LogP) is 3.65. The van der Waals surface area contributed by atoms with Crippen molar-refractivity contribution in [3.05, 3.63) is 58.0 Å². The van der Waals surface area contributed by atoms with Crippen molar-refractivity contribution in [1.29, 1.82) is 0 Å². The Balaban J connectivity index is 1.27. The van der Waals surface area contributed by atoms with Crippen molar-refractivity contribution in [2.75, 3.05) is 25.2 Å². The monoisotopic (exact) mass is 500 g/mol. The molecule has 0 radical (unpaired) electrons. The largest absolute Gasteiger partial charge is 0.454 e. The van der Waals surface area contributed by atoms with Crippen LogP contribution in [0.5, 0.6) is 11.5 Å². The first-order chi connectivity index (χ1) is 16.4. The number of sulfonamides is 1. The molecule has 3 aromatic rings. The Morgan fingerprint density at radius 2 is 1.94 bits per heavy atom. The molecule has 1 fully saturated rings. The third-order valence-electron chi connectivity index (χ3n) is 5.97. The van der Waals surface area contributed by atoms with E-state index in [1.54, 1.807) is 30.3 Å². The second kappa shape index (κ2) is 9.32. The highest BCUT2D eigenvalue weighted by Crippen LogP contribution is 2.35. The number of rotatable bonds is 6. The molecular formula is C23H24N4O5S2. The Kier molecular flexibility index (Phi) is 6.24. The Morgan fingerprint density at radius 1 is 1.15 bits per heavy atom. The summed E-state index contributed by atoms with van der Waals surface area (Å²) in [5, 5.41) is 12.0. The van der Waals surface area contributed by atoms with Crippen LogP contribution >= 0.6 is 11.3 Å². The molecule has 34 heavy (non-hydrogen) atoms. The summed E-state index contributed by atoms with van der Waals surface area (Å²) in [5.41, 5.74) is 1.66. The first kappa shape index (κ1) is 22.8. The highest BCUT2D eigenvalue weighted by Gasteiger charge is 2.33. The molecule has 9 nitrogen and oxygen atoms in total. The molecule has 1 saturated heterocycles. The third-order valence-corrected chi connectivity index (χ3v) is 8.93. The zero-order valence-electron chi connectivity index (χ0n) is 18.6. The molecule has 1 aromatic heterocycles. The molecule has 1 atom stereocenters. The second-order valence-electron chi connectivity index (χ2n) is 8.17. The van der Waals surface area contributed by atoms with Crippen LogP contribution in [0.25, 0.3) is 0 Å². The number of carbonyl (C=O) groups is 1. The number of nitrogens with one attached hydrogen (secondary N) is 1. The van der Waals surface area contributed by atoms with Gasteiger partial charge >= 0.3 is 0 Å². The van der Waals surface area contributed by atoms with Gasteiger partial charge < -0.3 is 14.8 Å². The van der Waals surface area contributed by atoms with E-state index in [0.717, 1.165) is 24.8 Å². The molecule has 2 aromatic carbocycles. The highest BCUT2D eigenvalue weighted by atomic mass is 32.2. The van der Waals surface area contributed by atoms with E-state index in [1.165, 1.54) is 15.6 Å². The third kappa shape index (κ3) is 4.50. The number of hydrogen-bond donors (Lipinski definition) is 1. The van der Waals surface area contributed by atoms with E-state index < -0.39 is 10.0 Å². The zero-order valence-corrected chi connectivity index (χ0v) is 20.2. The normalized spacial score (nSPS) is 18.1. The van der Waals surface area contributed by atoms with Gasteiger partial charge in [-0.3, -0.25) is 4.79 Å². The molecule has 1 N–H and O–H groups in total. The van der Waals surface area contributed by atoms with Crippen molar-refractivity contribution < 1.29 is 22.7 Å². The molecule has 178 valence electrons. The first-order valence-corrected chi connectivity index (χ1v) is 13.3. The number of amides is 1. The van der Waals surface area contributed by atoms with Gasteiger partial charge in [0.25, 0.3) is 5.91 Å². The Hall–Kier alpha value is -3.02. The molecule has 0 aliphatic carbocycles. The molecule has 0 saturated carbocycles. The van der Waals surface area contributed by atoms with Crippen molar-refractivity contribution in [3.8, 4) is 11.5 Å². The van der Waals surface area contributed by atoms with Crippen LogP contribution in [-0.2, 0) is 16.4 Å². The van der Waals surface area contributed by atoms with Gasteiger partial charge in [0.1, 0.15) is 5.01 Å². The molecule has 2 aliphatic heterocycles. The fourth-order valence-corrected chi connectivity index (χ4v) is 6.45. The summed E-state index contributed by atoms with van der Waals surface area (Å²) >= 11 is 1.19. The second-order valence-corrected chi connectivity index (χ2v) is 11.1. The summed E-state index contributed by atoms with van der Waals surface area (Å²) in [4.78, 5) is 13.0. The van der Waals surface area contributed by atoms with Crippen molar-refractivity contribution in [2.24, 2.45) is 0 Å². The summed E-state index contributed by atoms with van der Waals surface area (Å²) in [5.74, 6) is 0.722. The Bertz CT molecular complexity index is 1310. The number of benzene rings is 2. The maximum absolute atomic E-state index is 13.2. The van der Waals surface area contributed by atoms with Gasteiger partial charge in [0.05, 0.1) is 4.90 Å². The molecule has 2 aliphatic rings. The van der Waals surface area contributed by atoms with Crippen LogP contribution in [-0.4, -0.2) is 48.7 Å². The maximum atomic E-state index is 13.2. The van der Waals surface area contributed by atoms with Gasteiger partial charge in [0, 0.05) is 30.8 Å². The minimum absolute atomic E-state index is 0.108. The van der Waals surface area contributed by atoms with Crippen molar-refractivity contribution in [1.82, 2.24) is 14.5 Å². The van der Waals surface area contributed by atoms with Gasteiger partial charge in [-0.1, -0.05) is 30.4 Å². The van der Waals surface area contributed by atoms with Crippen LogP contribution in [0, 0.1) is 0 Å². The average molecular weight is 501 g/mol. The van der Waals surface area contributed by atoms with E-state index >= 15 is 0 Å². The van der Waals surface area contributed by atoms with Crippen LogP contribution < -0.4 is 14.8 Å². The minimum atomic E-state index is -3.59. The fourth-order valence-electron chi connectivity index (χ4n) is 4.06. The first-order valence-electron chi connectivity index (χ1n) is 11.1. The number of carbonyl (C=O) groups excluding carboxylic acids is 1. The van der Waals surface area contributed by atoms with Crippen LogP contribution in [0.3, 0.4) is 0 Å². The van der Waals surface area contributed by atoms with E-state index in [2.05, 4.69) is 15.5 Å². The van der Waals surface area contributed by atoms with Gasteiger partial charge in [0.2, 0.25) is 21.8 Å². The summed E-state index contributed by atoms with van der Waals surface area (Å²) in [6.07, 6.45) is 2.36. The topological polar surface area (TPSA) is 111 Å². The lowest BCUT2D eigenvalue weighted by atomic mass is 10.0. The van der Waals surface area contributed by atoms with Crippen LogP contribution in [0.2, 0.25) is 0 Å². The summed E-state index contributed by atoms with van der Waals surface area (Å²) in [6.45, 7) is 2.97. The highest BCUT2D eigenvalue weighted by molar-refractivity contribution is 7.89. The van der Waals surface area contributed by atoms with Crippen LogP contribution in [0.15, 0.2) is 47.4 Å². The Labute approximate surface area is 201 Å². The average Bonchev–Trinajstić information content (AvgIpc) is 3.54. The number of fused-ring (bicyclic) bond motifs is 1. The number of aromatic nitrogens is 2. The SMILES string of the molecule is CCc1ccc(S(=O)(=O)N2CCC[C@@H](c3nnc(C(=O)Nc4ccc5c(c4)OCO5)s3)C2)cc1. The predicted molar refractivity (Wildman–Crippen MR) is 127 cm³/mol. The minimum Gasteiger partial charge on any atom is -0.454 e. The number of piperidine rings is 1. The zero-order chi connectivity index (χ0) is 23.7. The summed E-state index contributed by atoms with van der Waals surface area (Å²) in [6, 6.07) is 12.2. The van der Waals surface area contributed by atoms with E-state index in [1.807, 2.05) is 19.1 Å². The number of aryl methyl sites for hydroxylation is 1. The lowest BCUT2D eigenvalue weighted by Crippen LogP contribution is -2.39.